The van der Waals surface area contributed by atoms with Gasteiger partial charge in [-0.1, -0.05) is 0 Å². The Kier molecular flexibility index (Phi) is 4.06. The van der Waals surface area contributed by atoms with Crippen molar-refractivity contribution in [1.82, 2.24) is 5.32 Å². The molecule has 0 aromatic heterocycles. The third-order valence-corrected chi connectivity index (χ3v) is 4.73. The van der Waals surface area contributed by atoms with Crippen molar-refractivity contribution in [2.75, 3.05) is 13.2 Å². The molecule has 0 unspecified atom stereocenters. The minimum absolute atomic E-state index is 0.0405. The number of hydrogen-bond acceptors (Lipinski definition) is 8. The van der Waals surface area contributed by atoms with Gasteiger partial charge in [-0.3, -0.25) is 9.59 Å². The largest absolute Gasteiger partial charge is 0.507 e. The fourth-order valence-corrected chi connectivity index (χ4v) is 3.31. The summed E-state index contributed by atoms with van der Waals surface area (Å²) in [5.74, 6) is -2.31. The Bertz CT molecular complexity index is 810. The van der Waals surface area contributed by atoms with Crippen LogP contribution in [-0.2, 0) is 12.8 Å². The number of aliphatic hydroxyl groups is 3. The predicted octanol–water partition coefficient (Wildman–Crippen LogP) is -0.847. The summed E-state index contributed by atoms with van der Waals surface area (Å²) in [5, 5.41) is 52.8. The average Bonchev–Trinajstić information content (AvgIpc) is 2.54. The molecule has 2 aliphatic rings. The normalized spacial score (nSPS) is 25.3. The van der Waals surface area contributed by atoms with Gasteiger partial charge in [0.1, 0.15) is 11.5 Å². The van der Waals surface area contributed by atoms with Crippen molar-refractivity contribution in [3.63, 3.8) is 0 Å². The molecular formula is C17H19NO7. The Morgan fingerprint density at radius 1 is 1.20 bits per heavy atom. The van der Waals surface area contributed by atoms with E-state index in [0.29, 0.717) is 0 Å². The molecule has 8 heteroatoms. The van der Waals surface area contributed by atoms with Gasteiger partial charge >= 0.3 is 0 Å². The van der Waals surface area contributed by atoms with Gasteiger partial charge in [-0.25, -0.2) is 0 Å². The molecule has 0 saturated carbocycles. The molecule has 134 valence electrons. The first-order chi connectivity index (χ1) is 11.7. The number of rotatable bonds is 3. The Balaban J connectivity index is 2.19. The first-order valence-corrected chi connectivity index (χ1v) is 7.84. The number of hydrogen-bond donors (Lipinski definition) is 6. The molecule has 1 aromatic rings. The molecule has 0 amide bonds. The second-order valence-electron chi connectivity index (χ2n) is 6.56. The van der Waals surface area contributed by atoms with Crippen molar-refractivity contribution in [2.45, 2.75) is 31.5 Å². The van der Waals surface area contributed by atoms with Crippen LogP contribution in [0.2, 0.25) is 0 Å². The maximum absolute atomic E-state index is 12.6. The Morgan fingerprint density at radius 3 is 2.48 bits per heavy atom. The van der Waals surface area contributed by atoms with Gasteiger partial charge in [0.05, 0.1) is 35.1 Å². The average molecular weight is 349 g/mol. The maximum Gasteiger partial charge on any atom is 0.213 e. The van der Waals surface area contributed by atoms with Crippen LogP contribution in [0.25, 0.3) is 0 Å². The number of nitrogens with one attached hydrogen (secondary N) is 1. The van der Waals surface area contributed by atoms with Crippen LogP contribution < -0.4 is 5.32 Å². The SMILES string of the molecule is C[C@]1(O)Cc2c(O)c3c(c(O)c2C[C@H]1O)C(=O)C=C(NCCO)C3=O. The molecule has 6 N–H and O–H groups in total. The van der Waals surface area contributed by atoms with Crippen molar-refractivity contribution in [3.8, 4) is 11.5 Å². The zero-order chi connectivity index (χ0) is 18.5. The molecule has 3 rings (SSSR count). The lowest BCUT2D eigenvalue weighted by molar-refractivity contribution is -0.0668. The molecule has 0 spiro atoms. The van der Waals surface area contributed by atoms with Gasteiger partial charge in [-0.05, 0) is 6.92 Å². The molecule has 0 bridgehead atoms. The number of carbonyl (C=O) groups excluding carboxylic acids is 2. The van der Waals surface area contributed by atoms with Gasteiger partial charge in [0.15, 0.2) is 5.78 Å². The zero-order valence-corrected chi connectivity index (χ0v) is 13.5. The quantitative estimate of drug-likeness (QED) is 0.387. The highest BCUT2D eigenvalue weighted by Crippen LogP contribution is 2.45. The van der Waals surface area contributed by atoms with Gasteiger partial charge in [-0.2, -0.15) is 0 Å². The molecule has 25 heavy (non-hydrogen) atoms. The van der Waals surface area contributed by atoms with Crippen LogP contribution >= 0.6 is 0 Å². The number of phenolic OH excluding ortho intramolecular Hbond substituents is 2. The van der Waals surface area contributed by atoms with Crippen molar-refractivity contribution >= 4 is 11.6 Å². The summed E-state index contributed by atoms with van der Waals surface area (Å²) >= 11 is 0. The Morgan fingerprint density at radius 2 is 1.84 bits per heavy atom. The fraction of sp³-hybridized carbons (Fsp3) is 0.412. The number of ketones is 2. The van der Waals surface area contributed by atoms with Crippen LogP contribution in [0.5, 0.6) is 11.5 Å². The molecule has 0 saturated heterocycles. The third-order valence-electron chi connectivity index (χ3n) is 4.73. The van der Waals surface area contributed by atoms with E-state index in [1.807, 2.05) is 0 Å². The predicted molar refractivity (Wildman–Crippen MR) is 85.6 cm³/mol. The van der Waals surface area contributed by atoms with E-state index < -0.39 is 34.8 Å². The van der Waals surface area contributed by atoms with Gasteiger partial charge in [0.25, 0.3) is 0 Å². The van der Waals surface area contributed by atoms with Crippen molar-refractivity contribution < 1.29 is 35.1 Å². The van der Waals surface area contributed by atoms with Gasteiger partial charge < -0.3 is 30.8 Å². The molecule has 0 radical (unpaired) electrons. The number of aromatic hydroxyl groups is 2. The molecule has 0 heterocycles. The van der Waals surface area contributed by atoms with Gasteiger partial charge in [0, 0.05) is 36.6 Å². The minimum Gasteiger partial charge on any atom is -0.507 e. The van der Waals surface area contributed by atoms with Crippen LogP contribution in [0.4, 0.5) is 0 Å². The van der Waals surface area contributed by atoms with Gasteiger partial charge in [-0.15, -0.1) is 0 Å². The molecule has 2 atom stereocenters. The van der Waals surface area contributed by atoms with Crippen LogP contribution in [0.3, 0.4) is 0 Å². The summed E-state index contributed by atoms with van der Waals surface area (Å²) < 4.78 is 0. The van der Waals surface area contributed by atoms with E-state index in [-0.39, 0.29) is 53.9 Å². The van der Waals surface area contributed by atoms with E-state index in [4.69, 9.17) is 5.11 Å². The van der Waals surface area contributed by atoms with Gasteiger partial charge in [0.2, 0.25) is 5.78 Å². The second kappa shape index (κ2) is 5.83. The monoisotopic (exact) mass is 349 g/mol. The summed E-state index contributed by atoms with van der Waals surface area (Å²) in [4.78, 5) is 25.0. The first-order valence-electron chi connectivity index (χ1n) is 7.84. The van der Waals surface area contributed by atoms with E-state index in [1.165, 1.54) is 6.92 Å². The van der Waals surface area contributed by atoms with E-state index in [2.05, 4.69) is 5.32 Å². The minimum atomic E-state index is -1.54. The standard InChI is InChI=1S/C17H19NO7/c1-17(25)6-8-7(4-11(17)21)14(22)12-10(20)5-9(18-2-3-19)16(24)13(12)15(8)23/h5,11,18-19,21-23,25H,2-4,6H2,1H3/t11-,17+/m1/s1. The van der Waals surface area contributed by atoms with E-state index in [0.717, 1.165) is 6.08 Å². The van der Waals surface area contributed by atoms with Crippen LogP contribution in [0.15, 0.2) is 11.8 Å². The summed E-state index contributed by atoms with van der Waals surface area (Å²) in [6, 6.07) is 0. The Labute approximate surface area is 143 Å². The summed E-state index contributed by atoms with van der Waals surface area (Å²) in [6.45, 7) is 1.17. The summed E-state index contributed by atoms with van der Waals surface area (Å²) in [6.07, 6.45) is -0.521. The highest BCUT2D eigenvalue weighted by molar-refractivity contribution is 6.26. The van der Waals surface area contributed by atoms with Crippen molar-refractivity contribution in [3.05, 3.63) is 34.0 Å². The lowest BCUT2D eigenvalue weighted by atomic mass is 9.75. The van der Waals surface area contributed by atoms with E-state index in [1.54, 1.807) is 0 Å². The topological polar surface area (TPSA) is 147 Å². The number of phenols is 2. The summed E-state index contributed by atoms with van der Waals surface area (Å²) in [5.41, 5.74) is -2.00. The van der Waals surface area contributed by atoms with E-state index >= 15 is 0 Å². The number of carbonyl (C=O) groups is 2. The first kappa shape index (κ1) is 17.4. The van der Waals surface area contributed by atoms with Crippen LogP contribution in [-0.4, -0.2) is 62.0 Å². The highest BCUT2D eigenvalue weighted by atomic mass is 16.3. The van der Waals surface area contributed by atoms with Crippen LogP contribution in [0, 0.1) is 0 Å². The van der Waals surface area contributed by atoms with E-state index in [9.17, 15) is 30.0 Å². The van der Waals surface area contributed by atoms with Crippen LogP contribution in [0.1, 0.15) is 38.8 Å². The fourth-order valence-electron chi connectivity index (χ4n) is 3.31. The molecule has 0 aliphatic heterocycles. The third kappa shape index (κ3) is 2.58. The number of fused-ring (bicyclic) bond motifs is 2. The molecular weight excluding hydrogens is 330 g/mol. The highest BCUT2D eigenvalue weighted by Gasteiger charge is 2.42. The lowest BCUT2D eigenvalue weighted by Gasteiger charge is -2.36. The lowest BCUT2D eigenvalue weighted by Crippen LogP contribution is -2.46. The summed E-state index contributed by atoms with van der Waals surface area (Å²) in [7, 11) is 0. The number of Topliss-reactive ketones (excluding diaryl/α,β-unsaturated/α-hetero) is 1. The van der Waals surface area contributed by atoms with Crippen molar-refractivity contribution in [2.24, 2.45) is 0 Å². The molecule has 2 aliphatic carbocycles. The Hall–Kier alpha value is -2.42. The number of benzene rings is 1. The zero-order valence-electron chi connectivity index (χ0n) is 13.5. The number of allylic oxidation sites excluding steroid dienone is 2. The molecule has 8 nitrogen and oxygen atoms in total. The molecule has 1 aromatic carbocycles. The molecule has 0 fully saturated rings. The smallest absolute Gasteiger partial charge is 0.213 e. The number of aliphatic hydroxyl groups excluding tert-OH is 2. The van der Waals surface area contributed by atoms with Crippen molar-refractivity contribution in [1.29, 1.82) is 0 Å². The second-order valence-corrected chi connectivity index (χ2v) is 6.56. The maximum atomic E-state index is 12.6.